The van der Waals surface area contributed by atoms with Crippen LogP contribution in [0.5, 0.6) is 0 Å². The third-order valence-electron chi connectivity index (χ3n) is 9.76. The van der Waals surface area contributed by atoms with Crippen molar-refractivity contribution >= 4 is 57.1 Å². The number of aromatic amines is 2. The van der Waals surface area contributed by atoms with Crippen molar-refractivity contribution in [2.24, 2.45) is 0 Å². The van der Waals surface area contributed by atoms with E-state index in [1.165, 1.54) is 0 Å². The van der Waals surface area contributed by atoms with Gasteiger partial charge >= 0.3 is 11.9 Å². The number of carbonyl (C=O) groups excluding carboxylic acids is 1. The van der Waals surface area contributed by atoms with Gasteiger partial charge in [0, 0.05) is 69.3 Å². The molecule has 0 aromatic carbocycles. The highest BCUT2D eigenvalue weighted by molar-refractivity contribution is 5.97. The number of aliphatic hydroxyl groups is 2. The Morgan fingerprint density at radius 1 is 0.860 bits per heavy atom. The number of fused-ring (bicyclic) bond motifs is 8. The van der Waals surface area contributed by atoms with Gasteiger partial charge in [-0.05, 0) is 80.1 Å². The lowest BCUT2D eigenvalue weighted by atomic mass is 9.87. The number of H-pyrrole nitrogens is 2. The van der Waals surface area contributed by atoms with E-state index in [0.29, 0.717) is 23.3 Å². The van der Waals surface area contributed by atoms with Crippen molar-refractivity contribution in [1.82, 2.24) is 25.3 Å². The fourth-order valence-electron chi connectivity index (χ4n) is 6.84. The summed E-state index contributed by atoms with van der Waals surface area (Å²) in [6, 6.07) is 6.48. The molecule has 5 rings (SSSR count). The van der Waals surface area contributed by atoms with Gasteiger partial charge in [0.25, 0.3) is 0 Å². The molecule has 2 unspecified atom stereocenters. The molecule has 2 aliphatic rings. The number of nitrogens with one attached hydrogen (secondary N) is 3. The van der Waals surface area contributed by atoms with Crippen molar-refractivity contribution < 1.29 is 34.8 Å². The highest BCUT2D eigenvalue weighted by Crippen LogP contribution is 2.40. The fraction of sp³-hybridized carbons (Fsp3) is 0.342. The Morgan fingerprint density at radius 3 is 2.16 bits per heavy atom. The number of carboxylic acids is 2. The first-order chi connectivity index (χ1) is 23.7. The summed E-state index contributed by atoms with van der Waals surface area (Å²) in [6.45, 7) is 16.1. The lowest BCUT2D eigenvalue weighted by Gasteiger charge is -2.18. The summed E-state index contributed by atoms with van der Waals surface area (Å²) < 4.78 is 0. The van der Waals surface area contributed by atoms with Gasteiger partial charge in [-0.25, -0.2) is 4.98 Å². The average molecular weight is 682 g/mol. The van der Waals surface area contributed by atoms with Crippen LogP contribution in [0.2, 0.25) is 0 Å². The van der Waals surface area contributed by atoms with Crippen LogP contribution in [0.1, 0.15) is 96.4 Å². The van der Waals surface area contributed by atoms with E-state index in [4.69, 9.17) is 15.1 Å². The molecule has 3 atom stereocenters. The van der Waals surface area contributed by atoms with E-state index in [0.717, 1.165) is 61.3 Å². The zero-order valence-corrected chi connectivity index (χ0v) is 28.6. The number of hydrogen-bond acceptors (Lipinski definition) is 7. The second-order valence-corrected chi connectivity index (χ2v) is 12.9. The Balaban J connectivity index is 1.76. The van der Waals surface area contributed by atoms with Gasteiger partial charge in [-0.3, -0.25) is 19.4 Å². The van der Waals surface area contributed by atoms with Crippen LogP contribution in [0.4, 0.5) is 0 Å². The molecule has 0 saturated heterocycles. The molecule has 0 fully saturated rings. The van der Waals surface area contributed by atoms with Crippen LogP contribution in [0.15, 0.2) is 43.5 Å². The van der Waals surface area contributed by atoms with Crippen LogP contribution >= 0.6 is 0 Å². The summed E-state index contributed by atoms with van der Waals surface area (Å²) in [7, 11) is 0. The zero-order valence-electron chi connectivity index (χ0n) is 28.6. The van der Waals surface area contributed by atoms with Gasteiger partial charge in [0.1, 0.15) is 0 Å². The molecule has 8 bridgehead atoms. The number of aromatic nitrogens is 4. The van der Waals surface area contributed by atoms with Crippen LogP contribution < -0.4 is 5.32 Å². The minimum Gasteiger partial charge on any atom is -0.481 e. The first-order valence-corrected chi connectivity index (χ1v) is 16.5. The van der Waals surface area contributed by atoms with E-state index in [1.54, 1.807) is 6.08 Å². The Kier molecular flexibility index (Phi) is 10.5. The Morgan fingerprint density at radius 2 is 1.52 bits per heavy atom. The van der Waals surface area contributed by atoms with Gasteiger partial charge in [-0.2, -0.15) is 0 Å². The second-order valence-electron chi connectivity index (χ2n) is 12.9. The van der Waals surface area contributed by atoms with Crippen molar-refractivity contribution in [3.8, 4) is 0 Å². The molecule has 1 amide bonds. The Bertz CT molecular complexity index is 2090. The van der Waals surface area contributed by atoms with E-state index in [2.05, 4.69) is 28.4 Å². The van der Waals surface area contributed by atoms with E-state index in [1.807, 2.05) is 58.0 Å². The van der Waals surface area contributed by atoms with Crippen molar-refractivity contribution in [2.45, 2.75) is 84.0 Å². The first-order valence-electron chi connectivity index (χ1n) is 16.5. The molecule has 0 saturated carbocycles. The van der Waals surface area contributed by atoms with Crippen molar-refractivity contribution in [3.63, 3.8) is 0 Å². The van der Waals surface area contributed by atoms with Gasteiger partial charge in [0.2, 0.25) is 5.91 Å². The van der Waals surface area contributed by atoms with Crippen LogP contribution in [0.3, 0.4) is 0 Å². The number of aliphatic carboxylic acids is 2. The highest BCUT2D eigenvalue weighted by Gasteiger charge is 2.30. The zero-order chi connectivity index (χ0) is 36.4. The maximum absolute atomic E-state index is 12.9. The van der Waals surface area contributed by atoms with E-state index >= 15 is 0 Å². The molecule has 5 heterocycles. The highest BCUT2D eigenvalue weighted by atomic mass is 16.5. The molecular formula is C38H43N5O7. The van der Waals surface area contributed by atoms with Crippen LogP contribution in [-0.4, -0.2) is 70.5 Å². The minimum absolute atomic E-state index is 0.0329. The minimum atomic E-state index is -2.04. The Hall–Kier alpha value is -5.33. The van der Waals surface area contributed by atoms with Gasteiger partial charge < -0.3 is 35.7 Å². The quantitative estimate of drug-likeness (QED) is 0.118. The van der Waals surface area contributed by atoms with Crippen molar-refractivity contribution in [1.29, 1.82) is 0 Å². The summed E-state index contributed by atoms with van der Waals surface area (Å²) in [6.07, 6.45) is 1.40. The lowest BCUT2D eigenvalue weighted by Crippen LogP contribution is -2.44. The lowest BCUT2D eigenvalue weighted by molar-refractivity contribution is -0.143. The topological polar surface area (TPSA) is 202 Å². The number of carbonyl (C=O) groups is 3. The number of allylic oxidation sites excluding steroid dienone is 3. The van der Waals surface area contributed by atoms with E-state index in [-0.39, 0.29) is 31.1 Å². The number of hydrogen-bond donors (Lipinski definition) is 7. The monoisotopic (exact) mass is 681 g/mol. The molecule has 12 nitrogen and oxygen atoms in total. The third kappa shape index (κ3) is 7.31. The number of rotatable bonds is 12. The number of aliphatic hydroxyl groups excluding tert-OH is 1. The molecule has 0 spiro atoms. The number of amides is 1. The van der Waals surface area contributed by atoms with Gasteiger partial charge in [-0.15, -0.1) is 0 Å². The molecule has 262 valence electrons. The molecule has 7 N–H and O–H groups in total. The van der Waals surface area contributed by atoms with Gasteiger partial charge in [0.05, 0.1) is 23.9 Å². The molecule has 50 heavy (non-hydrogen) atoms. The summed E-state index contributed by atoms with van der Waals surface area (Å²) in [5.74, 6) is -3.01. The van der Waals surface area contributed by atoms with Crippen molar-refractivity contribution in [3.05, 3.63) is 88.5 Å². The molecule has 2 aliphatic heterocycles. The fourth-order valence-corrected chi connectivity index (χ4v) is 6.84. The Labute approximate surface area is 289 Å². The van der Waals surface area contributed by atoms with Gasteiger partial charge in [-0.1, -0.05) is 32.2 Å². The first kappa shape index (κ1) is 36.0. The molecule has 12 heteroatoms. The van der Waals surface area contributed by atoms with E-state index in [9.17, 15) is 29.7 Å². The predicted molar refractivity (Wildman–Crippen MR) is 192 cm³/mol. The summed E-state index contributed by atoms with van der Waals surface area (Å²) >= 11 is 0. The van der Waals surface area contributed by atoms with Crippen LogP contribution in [0, 0.1) is 13.8 Å². The normalized spacial score (nSPS) is 16.4. The molecule has 3 aromatic heterocycles. The predicted octanol–water partition coefficient (Wildman–Crippen LogP) is 5.65. The third-order valence-corrected chi connectivity index (χ3v) is 9.76. The SMILES string of the molecule is C=CC1=C(C)c2cc3[nH]c(cc4nc(cc5[nH]c(cc1n2)c(C)c5CCC(=O)N[C@@H](CC(=O)O)C(O)O)C(CCC(=O)O)C4C)c(C)c3C=C. The second kappa shape index (κ2) is 14.7. The molecule has 0 aliphatic carbocycles. The summed E-state index contributed by atoms with van der Waals surface area (Å²) in [5, 5.41) is 40.3. The standard InChI is InChI=1S/C38H43N5O7/c1-7-22-18(3)26-13-27-21(6)25(10-12-36(45)46)33(41-27)16-32-24(9-11-35(44)43-34(38(49)50)17-37(47)48)20(5)29(42-32)15-31-23(8-2)19(4)28(40-31)14-30(22)39-26/h7-8,13-16,21,25,34,38-39,42,49-50H,1-2,9-12,17H2,3-6H3,(H,43,44)(H,45,46)(H,47,48)/t21?,25?,34-/m0/s1. The number of nitrogens with zero attached hydrogens (tertiary/aromatic N) is 2. The van der Waals surface area contributed by atoms with Crippen LogP contribution in [0.25, 0.3) is 39.3 Å². The maximum atomic E-state index is 12.9. The maximum Gasteiger partial charge on any atom is 0.305 e. The van der Waals surface area contributed by atoms with E-state index < -0.39 is 36.6 Å². The summed E-state index contributed by atoms with van der Waals surface area (Å²) in [4.78, 5) is 52.9. The number of aryl methyl sites for hydroxylation is 3. The van der Waals surface area contributed by atoms with Gasteiger partial charge in [0.15, 0.2) is 6.29 Å². The average Bonchev–Trinajstić information content (AvgIpc) is 3.71. The summed E-state index contributed by atoms with van der Waals surface area (Å²) in [5.41, 5.74) is 11.5. The van der Waals surface area contributed by atoms with Crippen LogP contribution in [-0.2, 0) is 20.8 Å². The molecular weight excluding hydrogens is 638 g/mol. The van der Waals surface area contributed by atoms with Crippen molar-refractivity contribution in [2.75, 3.05) is 0 Å². The molecule has 0 radical (unpaired) electrons. The smallest absolute Gasteiger partial charge is 0.305 e. The largest absolute Gasteiger partial charge is 0.481 e. The molecule has 3 aromatic rings. The number of carboxylic acid groups (broad SMARTS) is 2.